The van der Waals surface area contributed by atoms with Crippen LogP contribution in [0.1, 0.15) is 24.8 Å². The summed E-state index contributed by atoms with van der Waals surface area (Å²) in [6.07, 6.45) is 5.59. The number of allylic oxidation sites excluding steroid dienone is 2. The molecule has 1 aromatic rings. The lowest BCUT2D eigenvalue weighted by Crippen LogP contribution is -2.34. The van der Waals surface area contributed by atoms with Crippen molar-refractivity contribution in [1.82, 2.24) is 0 Å². The van der Waals surface area contributed by atoms with Gasteiger partial charge < -0.3 is 0 Å². The molecule has 0 amide bonds. The van der Waals surface area contributed by atoms with Crippen molar-refractivity contribution in [2.24, 2.45) is 11.8 Å². The second-order valence-electron chi connectivity index (χ2n) is 4.54. The third-order valence-corrected chi connectivity index (χ3v) is 3.67. The first-order valence-corrected chi connectivity index (χ1v) is 5.67. The van der Waals surface area contributed by atoms with Gasteiger partial charge in [-0.2, -0.15) is 0 Å². The van der Waals surface area contributed by atoms with Crippen LogP contribution in [0.2, 0.25) is 0 Å². The summed E-state index contributed by atoms with van der Waals surface area (Å²) in [5, 5.41) is 0. The van der Waals surface area contributed by atoms with Gasteiger partial charge in [-0.25, -0.2) is 0 Å². The zero-order valence-electron chi connectivity index (χ0n) is 8.65. The first-order valence-electron chi connectivity index (χ1n) is 5.67. The molecule has 2 aliphatic rings. The topological polar surface area (TPSA) is 17.1 Å². The van der Waals surface area contributed by atoms with Gasteiger partial charge in [0.15, 0.2) is 5.78 Å². The summed E-state index contributed by atoms with van der Waals surface area (Å²) >= 11 is 0. The Balaban J connectivity index is 1.88. The molecule has 0 heterocycles. The van der Waals surface area contributed by atoms with Crippen molar-refractivity contribution in [3.05, 3.63) is 42.0 Å². The van der Waals surface area contributed by atoms with E-state index in [1.807, 2.05) is 24.3 Å². The van der Waals surface area contributed by atoms with E-state index < -0.39 is 0 Å². The van der Waals surface area contributed by atoms with Crippen LogP contribution in [0.5, 0.6) is 0 Å². The predicted molar refractivity (Wildman–Crippen MR) is 60.3 cm³/mol. The van der Waals surface area contributed by atoms with E-state index in [1.54, 1.807) is 0 Å². The van der Waals surface area contributed by atoms with Crippen LogP contribution >= 0.6 is 0 Å². The molecule has 0 aliphatic heterocycles. The smallest absolute Gasteiger partial charge is 0.163 e. The summed E-state index contributed by atoms with van der Waals surface area (Å²) < 4.78 is 0. The molecule has 0 spiro atoms. The largest absolute Gasteiger partial charge is 0.294 e. The van der Waals surface area contributed by atoms with Crippen LogP contribution in [0.25, 0.3) is 5.57 Å². The average molecular weight is 198 g/mol. The van der Waals surface area contributed by atoms with Crippen molar-refractivity contribution in [2.75, 3.05) is 0 Å². The minimum Gasteiger partial charge on any atom is -0.294 e. The van der Waals surface area contributed by atoms with Gasteiger partial charge in [-0.15, -0.1) is 0 Å². The van der Waals surface area contributed by atoms with Gasteiger partial charge >= 0.3 is 0 Å². The quantitative estimate of drug-likeness (QED) is 0.713. The van der Waals surface area contributed by atoms with Crippen molar-refractivity contribution in [3.63, 3.8) is 0 Å². The lowest BCUT2D eigenvalue weighted by molar-refractivity contribution is -0.120. The minimum atomic E-state index is 0.223. The summed E-state index contributed by atoms with van der Waals surface area (Å²) in [7, 11) is 0. The van der Waals surface area contributed by atoms with Gasteiger partial charge in [0.2, 0.25) is 0 Å². The van der Waals surface area contributed by atoms with Crippen LogP contribution in [-0.4, -0.2) is 5.78 Å². The number of ketones is 1. The van der Waals surface area contributed by atoms with Crippen LogP contribution in [0, 0.1) is 11.8 Å². The molecule has 0 radical (unpaired) electrons. The van der Waals surface area contributed by atoms with Crippen LogP contribution in [0.15, 0.2) is 36.4 Å². The molecule has 15 heavy (non-hydrogen) atoms. The molecule has 1 fully saturated rings. The van der Waals surface area contributed by atoms with Gasteiger partial charge in [-0.1, -0.05) is 36.8 Å². The highest BCUT2D eigenvalue weighted by molar-refractivity contribution is 6.14. The molecule has 0 aromatic heterocycles. The van der Waals surface area contributed by atoms with E-state index in [-0.39, 0.29) is 5.92 Å². The van der Waals surface area contributed by atoms with E-state index in [0.29, 0.717) is 11.7 Å². The predicted octanol–water partition coefficient (Wildman–Crippen LogP) is 3.07. The normalized spacial score (nSPS) is 25.5. The van der Waals surface area contributed by atoms with E-state index in [0.717, 1.165) is 0 Å². The molecule has 0 saturated heterocycles. The van der Waals surface area contributed by atoms with E-state index in [1.165, 1.54) is 30.4 Å². The van der Waals surface area contributed by atoms with Crippen molar-refractivity contribution >= 4 is 11.4 Å². The Morgan fingerprint density at radius 3 is 2.33 bits per heavy atom. The van der Waals surface area contributed by atoms with Crippen molar-refractivity contribution in [2.45, 2.75) is 19.3 Å². The lowest BCUT2D eigenvalue weighted by Gasteiger charge is -2.38. The second kappa shape index (κ2) is 3.34. The first-order chi connectivity index (χ1) is 7.36. The van der Waals surface area contributed by atoms with E-state index in [4.69, 9.17) is 0 Å². The van der Waals surface area contributed by atoms with E-state index in [2.05, 4.69) is 12.1 Å². The third kappa shape index (κ3) is 1.34. The summed E-state index contributed by atoms with van der Waals surface area (Å²) in [6.45, 7) is 0. The minimum absolute atomic E-state index is 0.223. The maximum absolute atomic E-state index is 11.6. The third-order valence-electron chi connectivity index (χ3n) is 3.67. The van der Waals surface area contributed by atoms with Crippen LogP contribution in [0.3, 0.4) is 0 Å². The molecule has 0 N–H and O–H groups in total. The molecule has 76 valence electrons. The Labute approximate surface area is 89.8 Å². The van der Waals surface area contributed by atoms with Gasteiger partial charge in [0.05, 0.1) is 5.92 Å². The molecule has 3 rings (SSSR count). The van der Waals surface area contributed by atoms with Crippen LogP contribution in [0.4, 0.5) is 0 Å². The highest BCUT2D eigenvalue weighted by atomic mass is 16.1. The molecule has 0 bridgehead atoms. The molecule has 1 unspecified atom stereocenters. The molecule has 1 aromatic carbocycles. The van der Waals surface area contributed by atoms with Gasteiger partial charge in [0.1, 0.15) is 0 Å². The summed E-state index contributed by atoms with van der Waals surface area (Å²) in [5.74, 6) is 1.21. The zero-order valence-corrected chi connectivity index (χ0v) is 8.65. The van der Waals surface area contributed by atoms with Crippen molar-refractivity contribution < 1.29 is 4.79 Å². The number of hydrogen-bond acceptors (Lipinski definition) is 1. The molecular formula is C14H14O. The summed E-state index contributed by atoms with van der Waals surface area (Å²) in [4.78, 5) is 11.6. The Morgan fingerprint density at radius 1 is 1.07 bits per heavy atom. The van der Waals surface area contributed by atoms with Gasteiger partial charge in [-0.05, 0) is 36.0 Å². The molecule has 2 aliphatic carbocycles. The monoisotopic (exact) mass is 198 g/mol. The number of carbonyl (C=O) groups is 1. The molecule has 1 nitrogen and oxygen atoms in total. The number of rotatable bonds is 2. The fraction of sp³-hybridized carbons (Fsp3) is 0.357. The van der Waals surface area contributed by atoms with Crippen LogP contribution in [-0.2, 0) is 4.79 Å². The Morgan fingerprint density at radius 2 is 1.80 bits per heavy atom. The maximum atomic E-state index is 11.6. The zero-order chi connectivity index (χ0) is 10.3. The highest BCUT2D eigenvalue weighted by Crippen LogP contribution is 2.45. The lowest BCUT2D eigenvalue weighted by atomic mass is 9.64. The maximum Gasteiger partial charge on any atom is 0.163 e. The van der Waals surface area contributed by atoms with Gasteiger partial charge in [-0.3, -0.25) is 4.79 Å². The number of hydrogen-bond donors (Lipinski definition) is 0. The summed E-state index contributed by atoms with van der Waals surface area (Å²) in [5.41, 5.74) is 2.50. The highest BCUT2D eigenvalue weighted by Gasteiger charge is 2.40. The van der Waals surface area contributed by atoms with E-state index in [9.17, 15) is 4.79 Å². The Kier molecular flexibility index (Phi) is 1.98. The molecule has 1 heteroatoms. The fourth-order valence-corrected chi connectivity index (χ4v) is 2.54. The number of carbonyl (C=O) groups excluding carboxylic acids is 1. The molecular weight excluding hydrogens is 184 g/mol. The Hall–Kier alpha value is -1.37. The van der Waals surface area contributed by atoms with Gasteiger partial charge in [0.25, 0.3) is 0 Å². The van der Waals surface area contributed by atoms with E-state index >= 15 is 0 Å². The second-order valence-corrected chi connectivity index (χ2v) is 4.54. The van der Waals surface area contributed by atoms with Crippen LogP contribution < -0.4 is 0 Å². The SMILES string of the molecule is O=C1C=C(c2ccccc2)C1C1CCC1. The summed E-state index contributed by atoms with van der Waals surface area (Å²) in [6, 6.07) is 10.3. The Bertz CT molecular complexity index is 412. The number of benzene rings is 1. The van der Waals surface area contributed by atoms with Crippen molar-refractivity contribution in [3.8, 4) is 0 Å². The fourth-order valence-electron chi connectivity index (χ4n) is 2.54. The average Bonchev–Trinajstić information content (AvgIpc) is 2.21. The van der Waals surface area contributed by atoms with Gasteiger partial charge in [0, 0.05) is 0 Å². The first kappa shape index (κ1) is 8.90. The van der Waals surface area contributed by atoms with Crippen molar-refractivity contribution in [1.29, 1.82) is 0 Å². The molecule has 1 atom stereocenters. The standard InChI is InChI=1S/C14H14O/c15-13-9-12(10-5-2-1-3-6-10)14(13)11-7-4-8-11/h1-3,5-6,9,11,14H,4,7-8H2. The molecule has 1 saturated carbocycles.